The molecule has 104 valence electrons. The van der Waals surface area contributed by atoms with Crippen molar-refractivity contribution in [2.75, 3.05) is 0 Å². The number of benzene rings is 1. The average Bonchev–Trinajstić information content (AvgIpc) is 2.51. The number of fused-ring (bicyclic) bond motifs is 1. The van der Waals surface area contributed by atoms with Gasteiger partial charge in [-0.1, -0.05) is 37.3 Å². The SMILES string of the molecule is CCC1OC(c2ccccc2)Oc2c1n(C)ccc2=O. The van der Waals surface area contributed by atoms with E-state index in [1.807, 2.05) is 48.9 Å². The Hall–Kier alpha value is -2.07. The van der Waals surface area contributed by atoms with Crippen molar-refractivity contribution in [3.05, 3.63) is 64.1 Å². The topological polar surface area (TPSA) is 40.5 Å². The Morgan fingerprint density at radius 3 is 2.65 bits per heavy atom. The number of aryl methyl sites for hydroxylation is 1. The molecule has 0 saturated carbocycles. The van der Waals surface area contributed by atoms with Gasteiger partial charge in [0.1, 0.15) is 6.10 Å². The molecule has 1 aromatic carbocycles. The van der Waals surface area contributed by atoms with E-state index in [0.29, 0.717) is 5.75 Å². The Kier molecular flexibility index (Phi) is 3.32. The fraction of sp³-hybridized carbons (Fsp3) is 0.312. The van der Waals surface area contributed by atoms with Gasteiger partial charge in [-0.25, -0.2) is 0 Å². The molecule has 2 heterocycles. The van der Waals surface area contributed by atoms with E-state index in [1.54, 1.807) is 6.20 Å². The lowest BCUT2D eigenvalue weighted by Crippen LogP contribution is -2.28. The molecule has 0 fully saturated rings. The van der Waals surface area contributed by atoms with Gasteiger partial charge in [-0.3, -0.25) is 4.79 Å². The zero-order valence-electron chi connectivity index (χ0n) is 11.6. The van der Waals surface area contributed by atoms with Crippen molar-refractivity contribution >= 4 is 0 Å². The molecule has 0 amide bonds. The minimum atomic E-state index is -0.524. The summed E-state index contributed by atoms with van der Waals surface area (Å²) in [5, 5.41) is 0. The van der Waals surface area contributed by atoms with E-state index in [1.165, 1.54) is 6.07 Å². The zero-order chi connectivity index (χ0) is 14.1. The van der Waals surface area contributed by atoms with Crippen LogP contribution in [0.5, 0.6) is 5.75 Å². The molecule has 0 saturated heterocycles. The highest BCUT2D eigenvalue weighted by atomic mass is 16.7. The number of pyridine rings is 1. The van der Waals surface area contributed by atoms with Gasteiger partial charge < -0.3 is 14.0 Å². The number of ether oxygens (including phenoxy) is 2. The summed E-state index contributed by atoms with van der Waals surface area (Å²) in [5.41, 5.74) is 1.63. The summed E-state index contributed by atoms with van der Waals surface area (Å²) >= 11 is 0. The molecule has 1 aromatic heterocycles. The van der Waals surface area contributed by atoms with Gasteiger partial charge >= 0.3 is 0 Å². The van der Waals surface area contributed by atoms with Crippen molar-refractivity contribution in [3.63, 3.8) is 0 Å². The van der Waals surface area contributed by atoms with Crippen LogP contribution in [0.25, 0.3) is 0 Å². The van der Waals surface area contributed by atoms with Crippen LogP contribution < -0.4 is 10.2 Å². The molecule has 0 bridgehead atoms. The minimum absolute atomic E-state index is 0.0965. The Labute approximate surface area is 117 Å². The van der Waals surface area contributed by atoms with E-state index in [0.717, 1.165) is 17.7 Å². The van der Waals surface area contributed by atoms with Crippen molar-refractivity contribution in [1.29, 1.82) is 0 Å². The van der Waals surface area contributed by atoms with Gasteiger partial charge in [0.25, 0.3) is 0 Å². The summed E-state index contributed by atoms with van der Waals surface area (Å²) in [5.74, 6) is 0.405. The van der Waals surface area contributed by atoms with E-state index >= 15 is 0 Å². The fourth-order valence-corrected chi connectivity index (χ4v) is 2.51. The van der Waals surface area contributed by atoms with Crippen molar-refractivity contribution in [2.45, 2.75) is 25.7 Å². The van der Waals surface area contributed by atoms with Crippen molar-refractivity contribution in [1.82, 2.24) is 4.57 Å². The summed E-state index contributed by atoms with van der Waals surface area (Å²) in [7, 11) is 1.90. The molecule has 2 atom stereocenters. The molecule has 3 rings (SSSR count). The quantitative estimate of drug-likeness (QED) is 0.843. The Balaban J connectivity index is 2.07. The van der Waals surface area contributed by atoms with E-state index in [-0.39, 0.29) is 11.5 Å². The molecule has 0 spiro atoms. The molecule has 1 aliphatic heterocycles. The third-order valence-electron chi connectivity index (χ3n) is 3.55. The van der Waals surface area contributed by atoms with Gasteiger partial charge in [0, 0.05) is 24.9 Å². The molecule has 4 heteroatoms. The number of hydrogen-bond donors (Lipinski definition) is 0. The molecule has 0 aliphatic carbocycles. The highest BCUT2D eigenvalue weighted by Crippen LogP contribution is 2.38. The monoisotopic (exact) mass is 271 g/mol. The first-order valence-corrected chi connectivity index (χ1v) is 6.77. The second-order valence-corrected chi connectivity index (χ2v) is 4.90. The molecule has 4 nitrogen and oxygen atoms in total. The first kappa shape index (κ1) is 12.9. The summed E-state index contributed by atoms with van der Waals surface area (Å²) in [4.78, 5) is 12.1. The van der Waals surface area contributed by atoms with Crippen LogP contribution in [-0.4, -0.2) is 4.57 Å². The van der Waals surface area contributed by atoms with E-state index in [2.05, 4.69) is 0 Å². The van der Waals surface area contributed by atoms with Crippen LogP contribution in [0.2, 0.25) is 0 Å². The number of hydrogen-bond acceptors (Lipinski definition) is 3. The summed E-state index contributed by atoms with van der Waals surface area (Å²) in [6.45, 7) is 2.04. The largest absolute Gasteiger partial charge is 0.455 e. The van der Waals surface area contributed by atoms with E-state index in [4.69, 9.17) is 9.47 Å². The molecule has 1 aliphatic rings. The highest BCUT2D eigenvalue weighted by molar-refractivity contribution is 5.33. The predicted molar refractivity (Wildman–Crippen MR) is 75.6 cm³/mol. The van der Waals surface area contributed by atoms with Crippen LogP contribution in [0.4, 0.5) is 0 Å². The number of nitrogens with zero attached hydrogens (tertiary/aromatic N) is 1. The first-order chi connectivity index (χ1) is 9.70. The molecule has 0 N–H and O–H groups in total. The molecular formula is C16H17NO3. The maximum Gasteiger partial charge on any atom is 0.227 e. The lowest BCUT2D eigenvalue weighted by Gasteiger charge is -2.33. The number of rotatable bonds is 2. The van der Waals surface area contributed by atoms with Gasteiger partial charge in [-0.15, -0.1) is 0 Å². The van der Waals surface area contributed by atoms with Crippen LogP contribution in [0.3, 0.4) is 0 Å². The summed E-state index contributed by atoms with van der Waals surface area (Å²) in [6, 6.07) is 11.2. The van der Waals surface area contributed by atoms with Crippen molar-refractivity contribution < 1.29 is 9.47 Å². The van der Waals surface area contributed by atoms with Crippen molar-refractivity contribution in [3.8, 4) is 5.75 Å². The average molecular weight is 271 g/mol. The van der Waals surface area contributed by atoms with Gasteiger partial charge in [-0.2, -0.15) is 0 Å². The number of aromatic nitrogens is 1. The lowest BCUT2D eigenvalue weighted by atomic mass is 10.1. The fourth-order valence-electron chi connectivity index (χ4n) is 2.51. The molecule has 0 radical (unpaired) electrons. The third kappa shape index (κ3) is 2.12. The van der Waals surface area contributed by atoms with Crippen molar-refractivity contribution in [2.24, 2.45) is 7.05 Å². The maximum atomic E-state index is 12.1. The van der Waals surface area contributed by atoms with Gasteiger partial charge in [0.15, 0.2) is 5.75 Å². The van der Waals surface area contributed by atoms with Crippen LogP contribution in [0.15, 0.2) is 47.4 Å². The second kappa shape index (κ2) is 5.13. The van der Waals surface area contributed by atoms with Crippen LogP contribution in [0.1, 0.15) is 37.0 Å². The maximum absolute atomic E-state index is 12.1. The molecular weight excluding hydrogens is 254 g/mol. The first-order valence-electron chi connectivity index (χ1n) is 6.77. The van der Waals surface area contributed by atoms with Crippen LogP contribution in [-0.2, 0) is 11.8 Å². The Morgan fingerprint density at radius 2 is 1.95 bits per heavy atom. The van der Waals surface area contributed by atoms with Crippen LogP contribution >= 0.6 is 0 Å². The van der Waals surface area contributed by atoms with E-state index in [9.17, 15) is 4.79 Å². The zero-order valence-corrected chi connectivity index (χ0v) is 11.6. The second-order valence-electron chi connectivity index (χ2n) is 4.90. The smallest absolute Gasteiger partial charge is 0.227 e. The molecule has 2 unspecified atom stereocenters. The molecule has 20 heavy (non-hydrogen) atoms. The normalized spacial score (nSPS) is 21.1. The van der Waals surface area contributed by atoms with Crippen LogP contribution in [0, 0.1) is 0 Å². The lowest BCUT2D eigenvalue weighted by molar-refractivity contribution is -0.149. The Morgan fingerprint density at radius 1 is 1.20 bits per heavy atom. The summed E-state index contributed by atoms with van der Waals surface area (Å²) < 4.78 is 13.7. The van der Waals surface area contributed by atoms with Gasteiger partial charge in [-0.05, 0) is 6.42 Å². The molecule has 2 aromatic rings. The summed E-state index contributed by atoms with van der Waals surface area (Å²) in [6.07, 6.45) is 1.88. The third-order valence-corrected chi connectivity index (χ3v) is 3.55. The minimum Gasteiger partial charge on any atom is -0.455 e. The highest BCUT2D eigenvalue weighted by Gasteiger charge is 2.32. The Bertz CT molecular complexity index is 663. The van der Waals surface area contributed by atoms with E-state index < -0.39 is 6.29 Å². The van der Waals surface area contributed by atoms with Gasteiger partial charge in [0.05, 0.1) is 5.69 Å². The van der Waals surface area contributed by atoms with Gasteiger partial charge in [0.2, 0.25) is 11.7 Å². The predicted octanol–water partition coefficient (Wildman–Crippen LogP) is 2.94. The standard InChI is InChI=1S/C16H17NO3/c1-3-13-14-15(12(18)9-10-17(14)2)20-16(19-13)11-7-5-4-6-8-11/h4-10,13,16H,3H2,1-2H3.